The van der Waals surface area contributed by atoms with Crippen molar-refractivity contribution in [1.82, 2.24) is 4.90 Å². The van der Waals surface area contributed by atoms with Crippen LogP contribution in [0, 0.1) is 0 Å². The van der Waals surface area contributed by atoms with Gasteiger partial charge in [0.15, 0.2) is 9.84 Å². The van der Waals surface area contributed by atoms with Crippen LogP contribution in [-0.4, -0.2) is 45.6 Å². The fourth-order valence-corrected chi connectivity index (χ4v) is 2.74. The minimum Gasteiger partial charge on any atom is -0.301 e. The molecule has 0 bridgehead atoms. The number of sulfone groups is 1. The fraction of sp³-hybridized carbons (Fsp3) is 0.333. The van der Waals surface area contributed by atoms with Crippen LogP contribution in [0.2, 0.25) is 0 Å². The number of hydrogen-bond donors (Lipinski definition) is 1. The molecule has 0 saturated carbocycles. The lowest BCUT2D eigenvalue weighted by Gasteiger charge is -2.16. The first-order valence-electron chi connectivity index (χ1n) is 5.74. The number of rotatable bonds is 7. The fourth-order valence-electron chi connectivity index (χ4n) is 1.52. The van der Waals surface area contributed by atoms with E-state index in [1.807, 2.05) is 0 Å². The predicted molar refractivity (Wildman–Crippen MR) is 76.6 cm³/mol. The van der Waals surface area contributed by atoms with Crippen LogP contribution in [0.3, 0.4) is 0 Å². The van der Waals surface area contributed by atoms with Gasteiger partial charge in [-0.3, -0.25) is 4.55 Å². The topological polar surface area (TPSA) is 91.8 Å². The van der Waals surface area contributed by atoms with E-state index in [0.717, 1.165) is 11.0 Å². The molecule has 8 heteroatoms. The van der Waals surface area contributed by atoms with E-state index in [0.29, 0.717) is 13.1 Å². The van der Waals surface area contributed by atoms with Crippen LogP contribution >= 0.6 is 0 Å². The maximum Gasteiger partial charge on any atom is 0.294 e. The second-order valence-electron chi connectivity index (χ2n) is 4.39. The minimum atomic E-state index is -4.19. The van der Waals surface area contributed by atoms with Crippen LogP contribution in [0.5, 0.6) is 0 Å². The van der Waals surface area contributed by atoms with Gasteiger partial charge < -0.3 is 4.90 Å². The van der Waals surface area contributed by atoms with Gasteiger partial charge in [0.05, 0.1) is 10.6 Å². The van der Waals surface area contributed by atoms with Crippen molar-refractivity contribution in [3.05, 3.63) is 41.8 Å². The average molecular weight is 319 g/mol. The number of nitrogens with zero attached hydrogens (tertiary/aromatic N) is 1. The van der Waals surface area contributed by atoms with Crippen LogP contribution in [0.25, 0.3) is 0 Å². The summed E-state index contributed by atoms with van der Waals surface area (Å²) in [6, 6.07) is 5.75. The highest BCUT2D eigenvalue weighted by molar-refractivity contribution is 7.94. The standard InChI is InChI=1S/C12H17NO5S2/c1-3-19(14,15)9-8-13(2)10-11-4-6-12(7-5-11)20(16,17)18/h3-7H,1,8-10H2,2H3,(H,16,17,18). The van der Waals surface area contributed by atoms with Crippen molar-refractivity contribution in [2.75, 3.05) is 19.3 Å². The molecule has 0 saturated heterocycles. The molecule has 0 fully saturated rings. The largest absolute Gasteiger partial charge is 0.301 e. The van der Waals surface area contributed by atoms with Gasteiger partial charge in [-0.25, -0.2) is 8.42 Å². The molecule has 1 N–H and O–H groups in total. The number of hydrogen-bond acceptors (Lipinski definition) is 5. The van der Waals surface area contributed by atoms with Gasteiger partial charge in [-0.15, -0.1) is 0 Å². The van der Waals surface area contributed by atoms with E-state index < -0.39 is 20.0 Å². The highest BCUT2D eigenvalue weighted by Crippen LogP contribution is 2.11. The summed E-state index contributed by atoms with van der Waals surface area (Å²) in [6.45, 7) is 4.05. The summed E-state index contributed by atoms with van der Waals surface area (Å²) in [7, 11) is -5.65. The molecule has 0 heterocycles. The van der Waals surface area contributed by atoms with E-state index in [-0.39, 0.29) is 10.6 Å². The molecular formula is C12H17NO5S2. The lowest BCUT2D eigenvalue weighted by molar-refractivity contribution is 0.346. The van der Waals surface area contributed by atoms with Gasteiger partial charge in [-0.1, -0.05) is 18.7 Å². The molecule has 0 atom stereocenters. The molecule has 0 radical (unpaired) electrons. The Bertz CT molecular complexity index is 662. The third kappa shape index (κ3) is 5.41. The molecule has 20 heavy (non-hydrogen) atoms. The lowest BCUT2D eigenvalue weighted by Crippen LogP contribution is -2.24. The third-order valence-corrected chi connectivity index (χ3v) is 4.81. The SMILES string of the molecule is C=CS(=O)(=O)CCN(C)Cc1ccc(S(=O)(=O)O)cc1. The van der Waals surface area contributed by atoms with E-state index in [9.17, 15) is 16.8 Å². The van der Waals surface area contributed by atoms with Crippen molar-refractivity contribution in [2.24, 2.45) is 0 Å². The smallest absolute Gasteiger partial charge is 0.294 e. The molecule has 0 spiro atoms. The lowest BCUT2D eigenvalue weighted by atomic mass is 10.2. The first kappa shape index (κ1) is 16.8. The third-order valence-electron chi connectivity index (χ3n) is 2.69. The Morgan fingerprint density at radius 1 is 1.20 bits per heavy atom. The first-order chi connectivity index (χ1) is 9.14. The molecule has 1 aromatic rings. The highest BCUT2D eigenvalue weighted by atomic mass is 32.2. The molecule has 0 aliphatic carbocycles. The summed E-state index contributed by atoms with van der Waals surface area (Å²) >= 11 is 0. The van der Waals surface area contributed by atoms with Crippen LogP contribution in [0.4, 0.5) is 0 Å². The Kier molecular flexibility index (Phi) is 5.46. The zero-order valence-corrected chi connectivity index (χ0v) is 12.7. The Balaban J connectivity index is 2.63. The normalized spacial score (nSPS) is 12.6. The maximum absolute atomic E-state index is 11.3. The summed E-state index contributed by atoms with van der Waals surface area (Å²) in [5.41, 5.74) is 0.816. The molecule has 0 aliphatic heterocycles. The van der Waals surface area contributed by atoms with Gasteiger partial charge in [-0.2, -0.15) is 8.42 Å². The Morgan fingerprint density at radius 2 is 1.75 bits per heavy atom. The van der Waals surface area contributed by atoms with Crippen LogP contribution in [0.1, 0.15) is 5.56 Å². The monoisotopic (exact) mass is 319 g/mol. The van der Waals surface area contributed by atoms with Gasteiger partial charge in [0.25, 0.3) is 10.1 Å². The molecule has 112 valence electrons. The molecule has 1 aromatic carbocycles. The van der Waals surface area contributed by atoms with Crippen molar-refractivity contribution in [1.29, 1.82) is 0 Å². The van der Waals surface area contributed by atoms with Crippen molar-refractivity contribution in [2.45, 2.75) is 11.4 Å². The van der Waals surface area contributed by atoms with Gasteiger partial charge in [-0.05, 0) is 24.7 Å². The first-order valence-corrected chi connectivity index (χ1v) is 8.90. The summed E-state index contributed by atoms with van der Waals surface area (Å²) in [6.07, 6.45) is 0. The van der Waals surface area contributed by atoms with E-state index in [2.05, 4.69) is 6.58 Å². The van der Waals surface area contributed by atoms with E-state index >= 15 is 0 Å². The summed E-state index contributed by atoms with van der Waals surface area (Å²) in [4.78, 5) is 1.63. The van der Waals surface area contributed by atoms with Crippen LogP contribution < -0.4 is 0 Å². The van der Waals surface area contributed by atoms with E-state index in [1.54, 1.807) is 24.1 Å². The second kappa shape index (κ2) is 6.49. The van der Waals surface area contributed by atoms with Gasteiger partial charge in [0.2, 0.25) is 0 Å². The minimum absolute atomic E-state index is 0.0178. The van der Waals surface area contributed by atoms with Gasteiger partial charge in [0, 0.05) is 18.5 Å². The average Bonchev–Trinajstić information content (AvgIpc) is 2.36. The number of benzene rings is 1. The zero-order chi connectivity index (χ0) is 15.4. The van der Waals surface area contributed by atoms with E-state index in [4.69, 9.17) is 4.55 Å². The van der Waals surface area contributed by atoms with Gasteiger partial charge >= 0.3 is 0 Å². The molecule has 0 aliphatic rings. The summed E-state index contributed by atoms with van der Waals surface area (Å²) in [5.74, 6) is -0.0178. The molecule has 0 amide bonds. The Labute approximate surface area is 119 Å². The summed E-state index contributed by atoms with van der Waals surface area (Å²) in [5, 5.41) is 0.932. The predicted octanol–water partition coefficient (Wildman–Crippen LogP) is 0.923. The highest BCUT2D eigenvalue weighted by Gasteiger charge is 2.10. The van der Waals surface area contributed by atoms with Crippen LogP contribution in [0.15, 0.2) is 41.1 Å². The molecule has 0 unspecified atom stereocenters. The summed E-state index contributed by atoms with van der Waals surface area (Å²) < 4.78 is 53.2. The second-order valence-corrected chi connectivity index (χ2v) is 7.88. The van der Waals surface area contributed by atoms with E-state index in [1.165, 1.54) is 12.1 Å². The van der Waals surface area contributed by atoms with Crippen molar-refractivity contribution < 1.29 is 21.4 Å². The molecule has 0 aromatic heterocycles. The van der Waals surface area contributed by atoms with Crippen molar-refractivity contribution in [3.8, 4) is 0 Å². The van der Waals surface area contributed by atoms with Crippen LogP contribution in [-0.2, 0) is 26.5 Å². The van der Waals surface area contributed by atoms with Gasteiger partial charge in [0.1, 0.15) is 0 Å². The maximum atomic E-state index is 11.3. The zero-order valence-electron chi connectivity index (χ0n) is 11.1. The Morgan fingerprint density at radius 3 is 2.20 bits per heavy atom. The van der Waals surface area contributed by atoms with Crippen molar-refractivity contribution >= 4 is 20.0 Å². The molecule has 6 nitrogen and oxygen atoms in total. The Hall–Kier alpha value is -1.22. The molecule has 1 rings (SSSR count). The molecular weight excluding hydrogens is 302 g/mol. The quantitative estimate of drug-likeness (QED) is 0.752. The van der Waals surface area contributed by atoms with Crippen molar-refractivity contribution in [3.63, 3.8) is 0 Å².